The molecule has 3 heteroatoms. The lowest BCUT2D eigenvalue weighted by molar-refractivity contribution is 0.552. The van der Waals surface area contributed by atoms with Gasteiger partial charge in [-0.05, 0) is 37.9 Å². The van der Waals surface area contributed by atoms with Crippen molar-refractivity contribution < 1.29 is 4.39 Å². The Bertz CT molecular complexity index is 299. The van der Waals surface area contributed by atoms with Crippen LogP contribution in [0.1, 0.15) is 30.0 Å². The third-order valence-electron chi connectivity index (χ3n) is 2.27. The van der Waals surface area contributed by atoms with Gasteiger partial charge in [0, 0.05) is 11.6 Å². The number of benzene rings is 1. The van der Waals surface area contributed by atoms with Gasteiger partial charge in [-0.25, -0.2) is 4.39 Å². The van der Waals surface area contributed by atoms with Crippen molar-refractivity contribution in [3.05, 3.63) is 35.1 Å². The number of halogens is 1. The summed E-state index contributed by atoms with van der Waals surface area (Å²) in [5.41, 5.74) is 12.7. The molecule has 0 saturated heterocycles. The van der Waals surface area contributed by atoms with Crippen molar-refractivity contribution in [1.82, 2.24) is 0 Å². The van der Waals surface area contributed by atoms with Crippen molar-refractivity contribution in [2.45, 2.75) is 25.8 Å². The van der Waals surface area contributed by atoms with E-state index < -0.39 is 0 Å². The standard InChI is InChI=1S/C11H17FN2/c1-8-4-5-9(10(12)7-8)11(14)3-2-6-13/h4-5,7,11H,2-3,6,13-14H2,1H3/t11-/m1/s1. The maximum absolute atomic E-state index is 13.4. The van der Waals surface area contributed by atoms with E-state index in [9.17, 15) is 4.39 Å². The van der Waals surface area contributed by atoms with E-state index in [2.05, 4.69) is 0 Å². The largest absolute Gasteiger partial charge is 0.330 e. The van der Waals surface area contributed by atoms with Crippen molar-refractivity contribution in [2.75, 3.05) is 6.54 Å². The second-order valence-corrected chi connectivity index (χ2v) is 3.56. The molecule has 0 aromatic heterocycles. The topological polar surface area (TPSA) is 52.0 Å². The van der Waals surface area contributed by atoms with Crippen LogP contribution in [0.15, 0.2) is 18.2 Å². The zero-order valence-electron chi connectivity index (χ0n) is 8.46. The van der Waals surface area contributed by atoms with Crippen LogP contribution in [0.2, 0.25) is 0 Å². The Balaban J connectivity index is 2.74. The number of rotatable bonds is 4. The maximum Gasteiger partial charge on any atom is 0.128 e. The zero-order chi connectivity index (χ0) is 10.6. The molecule has 0 amide bonds. The maximum atomic E-state index is 13.4. The summed E-state index contributed by atoms with van der Waals surface area (Å²) in [6.45, 7) is 2.46. The van der Waals surface area contributed by atoms with Crippen molar-refractivity contribution in [2.24, 2.45) is 11.5 Å². The molecule has 1 rings (SSSR count). The van der Waals surface area contributed by atoms with Gasteiger partial charge in [-0.2, -0.15) is 0 Å². The van der Waals surface area contributed by atoms with E-state index in [0.29, 0.717) is 12.1 Å². The highest BCUT2D eigenvalue weighted by molar-refractivity contribution is 5.25. The van der Waals surface area contributed by atoms with Crippen molar-refractivity contribution in [3.63, 3.8) is 0 Å². The molecule has 0 unspecified atom stereocenters. The molecular weight excluding hydrogens is 179 g/mol. The molecule has 0 saturated carbocycles. The number of nitrogens with two attached hydrogens (primary N) is 2. The van der Waals surface area contributed by atoms with Gasteiger partial charge in [0.1, 0.15) is 5.82 Å². The van der Waals surface area contributed by atoms with Gasteiger partial charge >= 0.3 is 0 Å². The van der Waals surface area contributed by atoms with Gasteiger partial charge in [0.2, 0.25) is 0 Å². The molecule has 2 nitrogen and oxygen atoms in total. The fourth-order valence-corrected chi connectivity index (χ4v) is 1.43. The van der Waals surface area contributed by atoms with E-state index in [1.807, 2.05) is 13.0 Å². The molecule has 0 heterocycles. The minimum Gasteiger partial charge on any atom is -0.330 e. The first-order valence-corrected chi connectivity index (χ1v) is 4.87. The molecule has 0 aliphatic rings. The van der Waals surface area contributed by atoms with Crippen molar-refractivity contribution >= 4 is 0 Å². The van der Waals surface area contributed by atoms with Crippen LogP contribution >= 0.6 is 0 Å². The smallest absolute Gasteiger partial charge is 0.128 e. The average Bonchev–Trinajstić information content (AvgIpc) is 2.14. The van der Waals surface area contributed by atoms with E-state index in [1.165, 1.54) is 6.07 Å². The van der Waals surface area contributed by atoms with Crippen LogP contribution in [-0.2, 0) is 0 Å². The molecule has 1 aromatic rings. The van der Waals surface area contributed by atoms with E-state index >= 15 is 0 Å². The molecule has 0 bridgehead atoms. The summed E-state index contributed by atoms with van der Waals surface area (Å²) in [4.78, 5) is 0. The minimum atomic E-state index is -0.237. The SMILES string of the molecule is Cc1ccc([C@H](N)CCCN)c(F)c1. The third kappa shape index (κ3) is 2.79. The molecule has 0 aliphatic heterocycles. The quantitative estimate of drug-likeness (QED) is 0.772. The second-order valence-electron chi connectivity index (χ2n) is 3.56. The van der Waals surface area contributed by atoms with Crippen LogP contribution in [0.3, 0.4) is 0 Å². The van der Waals surface area contributed by atoms with Crippen LogP contribution in [0.4, 0.5) is 4.39 Å². The molecule has 0 spiro atoms. The Labute approximate surface area is 84.1 Å². The van der Waals surface area contributed by atoms with Gasteiger partial charge in [-0.15, -0.1) is 0 Å². The lowest BCUT2D eigenvalue weighted by Gasteiger charge is -2.12. The van der Waals surface area contributed by atoms with Crippen LogP contribution < -0.4 is 11.5 Å². The Morgan fingerprint density at radius 2 is 2.14 bits per heavy atom. The molecular formula is C11H17FN2. The van der Waals surface area contributed by atoms with Gasteiger partial charge in [0.15, 0.2) is 0 Å². The summed E-state index contributed by atoms with van der Waals surface area (Å²) in [5.74, 6) is -0.213. The summed E-state index contributed by atoms with van der Waals surface area (Å²) >= 11 is 0. The first-order valence-electron chi connectivity index (χ1n) is 4.87. The van der Waals surface area contributed by atoms with Gasteiger partial charge in [0.05, 0.1) is 0 Å². The highest BCUT2D eigenvalue weighted by Gasteiger charge is 2.10. The monoisotopic (exact) mass is 196 g/mol. The summed E-state index contributed by atoms with van der Waals surface area (Å²) in [6.07, 6.45) is 1.56. The molecule has 78 valence electrons. The Kier molecular flexibility index (Phi) is 4.04. The predicted octanol–water partition coefficient (Wildman–Crippen LogP) is 1.87. The third-order valence-corrected chi connectivity index (χ3v) is 2.27. The van der Waals surface area contributed by atoms with Gasteiger partial charge in [-0.1, -0.05) is 12.1 Å². The van der Waals surface area contributed by atoms with E-state index in [-0.39, 0.29) is 11.9 Å². The zero-order valence-corrected chi connectivity index (χ0v) is 8.46. The normalized spacial score (nSPS) is 12.9. The number of hydrogen-bond acceptors (Lipinski definition) is 2. The molecule has 0 radical (unpaired) electrons. The van der Waals surface area contributed by atoms with Crippen molar-refractivity contribution in [3.8, 4) is 0 Å². The molecule has 0 aliphatic carbocycles. The second kappa shape index (κ2) is 5.08. The molecule has 4 N–H and O–H groups in total. The molecule has 1 aromatic carbocycles. The highest BCUT2D eigenvalue weighted by atomic mass is 19.1. The summed E-state index contributed by atoms with van der Waals surface area (Å²) in [7, 11) is 0. The number of hydrogen-bond donors (Lipinski definition) is 2. The Morgan fingerprint density at radius 3 is 2.71 bits per heavy atom. The highest BCUT2D eigenvalue weighted by Crippen LogP contribution is 2.19. The molecule has 14 heavy (non-hydrogen) atoms. The van der Waals surface area contributed by atoms with Crippen LogP contribution in [0.5, 0.6) is 0 Å². The van der Waals surface area contributed by atoms with Gasteiger partial charge in [-0.3, -0.25) is 0 Å². The van der Waals surface area contributed by atoms with Crippen LogP contribution in [0, 0.1) is 12.7 Å². The van der Waals surface area contributed by atoms with E-state index in [1.54, 1.807) is 6.07 Å². The first kappa shape index (κ1) is 11.1. The Hall–Kier alpha value is -0.930. The minimum absolute atomic E-state index is 0.213. The Morgan fingerprint density at radius 1 is 1.43 bits per heavy atom. The van der Waals surface area contributed by atoms with Gasteiger partial charge < -0.3 is 11.5 Å². The van der Waals surface area contributed by atoms with Gasteiger partial charge in [0.25, 0.3) is 0 Å². The predicted molar refractivity (Wildman–Crippen MR) is 56.4 cm³/mol. The van der Waals surface area contributed by atoms with Crippen LogP contribution in [-0.4, -0.2) is 6.54 Å². The fraction of sp³-hybridized carbons (Fsp3) is 0.455. The number of aryl methyl sites for hydroxylation is 1. The fourth-order valence-electron chi connectivity index (χ4n) is 1.43. The average molecular weight is 196 g/mol. The summed E-state index contributed by atoms with van der Waals surface area (Å²) in [6, 6.07) is 4.91. The van der Waals surface area contributed by atoms with E-state index in [4.69, 9.17) is 11.5 Å². The first-order chi connectivity index (χ1) is 6.65. The summed E-state index contributed by atoms with van der Waals surface area (Å²) < 4.78 is 13.4. The molecule has 1 atom stereocenters. The van der Waals surface area contributed by atoms with Crippen molar-refractivity contribution in [1.29, 1.82) is 0 Å². The lowest BCUT2D eigenvalue weighted by Crippen LogP contribution is -2.14. The van der Waals surface area contributed by atoms with Crippen LogP contribution in [0.25, 0.3) is 0 Å². The summed E-state index contributed by atoms with van der Waals surface area (Å²) in [5, 5.41) is 0. The lowest BCUT2D eigenvalue weighted by atomic mass is 10.0. The van der Waals surface area contributed by atoms with E-state index in [0.717, 1.165) is 18.4 Å². The molecule has 0 fully saturated rings.